The molecule has 0 saturated heterocycles. The molecule has 0 amide bonds. The number of hydrogen-bond acceptors (Lipinski definition) is 0. The number of benzene rings is 2. The average molecular weight is 558 g/mol. The van der Waals surface area contributed by atoms with Crippen LogP contribution in [0.1, 0.15) is 77.2 Å². The molecule has 0 aliphatic heterocycles. The molecule has 0 fully saturated rings. The van der Waals surface area contributed by atoms with Gasteiger partial charge in [0.15, 0.2) is 0 Å². The number of hydrogen-bond donors (Lipinski definition) is 0. The lowest BCUT2D eigenvalue weighted by atomic mass is 9.66. The molecule has 0 radical (unpaired) electrons. The third kappa shape index (κ3) is 3.97. The van der Waals surface area contributed by atoms with Gasteiger partial charge < -0.3 is 4.57 Å². The normalized spacial score (nSPS) is 27.8. The van der Waals surface area contributed by atoms with Crippen molar-refractivity contribution >= 4 is 11.6 Å². The highest BCUT2D eigenvalue weighted by Gasteiger charge is 2.38. The van der Waals surface area contributed by atoms with Crippen molar-refractivity contribution in [2.45, 2.75) is 57.3 Å². The molecule has 1 heteroatoms. The van der Waals surface area contributed by atoms with Crippen molar-refractivity contribution in [3.8, 4) is 5.69 Å². The summed E-state index contributed by atoms with van der Waals surface area (Å²) < 4.78 is 2.61. The summed E-state index contributed by atoms with van der Waals surface area (Å²) in [5.74, 6) is 2.46. The summed E-state index contributed by atoms with van der Waals surface area (Å²) in [5, 5.41) is 0. The lowest BCUT2D eigenvalue weighted by Crippen LogP contribution is -2.23. The summed E-state index contributed by atoms with van der Waals surface area (Å²) in [4.78, 5) is 0. The van der Waals surface area contributed by atoms with E-state index in [0.29, 0.717) is 29.6 Å². The average Bonchev–Trinajstić information content (AvgIpc) is 3.63. The first kappa shape index (κ1) is 25.4. The van der Waals surface area contributed by atoms with E-state index in [0.717, 1.165) is 19.3 Å². The number of rotatable bonds is 3. The second-order valence-corrected chi connectivity index (χ2v) is 13.5. The van der Waals surface area contributed by atoms with Crippen LogP contribution in [0, 0.1) is 17.8 Å². The first-order valence-electron chi connectivity index (χ1n) is 16.5. The van der Waals surface area contributed by atoms with Gasteiger partial charge in [0.1, 0.15) is 0 Å². The van der Waals surface area contributed by atoms with Crippen LogP contribution in [0.3, 0.4) is 0 Å². The Hall–Kier alpha value is -4.10. The van der Waals surface area contributed by atoms with E-state index in [-0.39, 0.29) is 0 Å². The minimum atomic E-state index is 0.452. The molecular weight excluding hydrogens is 518 g/mol. The Morgan fingerprint density at radius 3 is 2.47 bits per heavy atom. The van der Waals surface area contributed by atoms with Crippen LogP contribution in [0.2, 0.25) is 0 Å². The molecule has 1 nitrogen and oxygen atoms in total. The zero-order chi connectivity index (χ0) is 28.5. The van der Waals surface area contributed by atoms with E-state index >= 15 is 0 Å². The highest BCUT2D eigenvalue weighted by Crippen LogP contribution is 2.51. The standard InChI is InChI=1S/C42H39N/c1-27-10-2-3-11-32(27)28-18-21-31(22-19-28)43-41-17-9-8-16-38(41)40-25-30(26-42(40)43)29-20-23-37-35-14-5-4-12-33(35)34-13-6-7-15-36(34)39(37)24-29/h2-5,7,9-12,14-15,17-24,27,30,32,37,39H,6,8,13,16,25-26H2,1H3/t27?,30-,32?,37?,39?/m0/s1. The van der Waals surface area contributed by atoms with E-state index < -0.39 is 0 Å². The largest absolute Gasteiger partial charge is 0.314 e. The van der Waals surface area contributed by atoms with Gasteiger partial charge in [-0.3, -0.25) is 0 Å². The predicted octanol–water partition coefficient (Wildman–Crippen LogP) is 10.0. The molecule has 6 aliphatic carbocycles. The van der Waals surface area contributed by atoms with Crippen molar-refractivity contribution in [3.63, 3.8) is 0 Å². The van der Waals surface area contributed by atoms with Crippen molar-refractivity contribution in [2.24, 2.45) is 17.8 Å². The topological polar surface area (TPSA) is 4.93 Å². The molecule has 6 aliphatic rings. The Labute approximate surface area is 256 Å². The van der Waals surface area contributed by atoms with E-state index in [1.807, 2.05) is 0 Å². The van der Waals surface area contributed by atoms with Gasteiger partial charge in [-0.25, -0.2) is 0 Å². The maximum absolute atomic E-state index is 2.67. The van der Waals surface area contributed by atoms with Gasteiger partial charge in [-0.2, -0.15) is 0 Å². The molecule has 9 rings (SSSR count). The summed E-state index contributed by atoms with van der Waals surface area (Å²) in [6.07, 6.45) is 33.3. The van der Waals surface area contributed by atoms with E-state index in [2.05, 4.69) is 127 Å². The van der Waals surface area contributed by atoms with Gasteiger partial charge in [0.05, 0.1) is 0 Å². The molecule has 0 bridgehead atoms. The monoisotopic (exact) mass is 557 g/mol. The summed E-state index contributed by atoms with van der Waals surface area (Å²) in [6, 6.07) is 18.7. The Balaban J connectivity index is 1.06. The molecule has 1 aromatic heterocycles. The Kier molecular flexibility index (Phi) is 5.90. The van der Waals surface area contributed by atoms with Crippen LogP contribution < -0.4 is 0 Å². The number of allylic oxidation sites excluding steroid dienone is 13. The van der Waals surface area contributed by atoms with Crippen molar-refractivity contribution in [3.05, 3.63) is 160 Å². The lowest BCUT2D eigenvalue weighted by Gasteiger charge is -2.37. The fraction of sp³-hybridized carbons (Fsp3) is 0.286. The fourth-order valence-corrected chi connectivity index (χ4v) is 9.04. The van der Waals surface area contributed by atoms with Crippen LogP contribution in [-0.4, -0.2) is 4.57 Å². The van der Waals surface area contributed by atoms with Crippen LogP contribution in [-0.2, 0) is 19.3 Å². The van der Waals surface area contributed by atoms with Gasteiger partial charge in [-0.15, -0.1) is 0 Å². The van der Waals surface area contributed by atoms with Crippen LogP contribution in [0.15, 0.2) is 120 Å². The van der Waals surface area contributed by atoms with Crippen LogP contribution in [0.4, 0.5) is 0 Å². The summed E-state index contributed by atoms with van der Waals surface area (Å²) in [6.45, 7) is 2.32. The van der Waals surface area contributed by atoms with E-state index in [9.17, 15) is 0 Å². The van der Waals surface area contributed by atoms with Crippen LogP contribution in [0.5, 0.6) is 0 Å². The van der Waals surface area contributed by atoms with Crippen molar-refractivity contribution < 1.29 is 0 Å². The summed E-state index contributed by atoms with van der Waals surface area (Å²) >= 11 is 0. The highest BCUT2D eigenvalue weighted by atomic mass is 15.0. The summed E-state index contributed by atoms with van der Waals surface area (Å²) in [5.41, 5.74) is 16.6. The summed E-state index contributed by atoms with van der Waals surface area (Å²) in [7, 11) is 0. The van der Waals surface area contributed by atoms with Gasteiger partial charge in [0, 0.05) is 34.8 Å². The molecule has 2 aromatic carbocycles. The molecule has 212 valence electrons. The van der Waals surface area contributed by atoms with Gasteiger partial charge in [-0.1, -0.05) is 104 Å². The van der Waals surface area contributed by atoms with Gasteiger partial charge in [0.2, 0.25) is 0 Å². The third-order valence-electron chi connectivity index (χ3n) is 11.1. The van der Waals surface area contributed by atoms with Crippen LogP contribution >= 0.6 is 0 Å². The molecule has 4 unspecified atom stereocenters. The molecule has 3 aromatic rings. The lowest BCUT2D eigenvalue weighted by molar-refractivity contribution is 0.602. The quantitative estimate of drug-likeness (QED) is 0.302. The maximum Gasteiger partial charge on any atom is 0.0490 e. The second-order valence-electron chi connectivity index (χ2n) is 13.5. The molecule has 0 saturated carbocycles. The van der Waals surface area contributed by atoms with E-state index in [4.69, 9.17) is 0 Å². The van der Waals surface area contributed by atoms with Crippen molar-refractivity contribution in [1.29, 1.82) is 0 Å². The zero-order valence-electron chi connectivity index (χ0n) is 25.0. The van der Waals surface area contributed by atoms with Gasteiger partial charge in [0.25, 0.3) is 0 Å². The second kappa shape index (κ2) is 9.98. The van der Waals surface area contributed by atoms with Gasteiger partial charge in [-0.05, 0) is 113 Å². The Morgan fingerprint density at radius 2 is 1.56 bits per heavy atom. The van der Waals surface area contributed by atoms with E-state index in [1.165, 1.54) is 47.3 Å². The molecule has 1 heterocycles. The Bertz CT molecular complexity index is 1840. The van der Waals surface area contributed by atoms with Gasteiger partial charge >= 0.3 is 0 Å². The highest BCUT2D eigenvalue weighted by molar-refractivity contribution is 5.79. The SMILES string of the molecule is CC1C=CC=CC1c1ccc(-n2c3c(c4c2C[C@@H](C2=CC5C6=C(CCC=C6)c6ccccc6C5C=C2)C4)CCC=C3)cc1. The molecule has 0 spiro atoms. The Morgan fingerprint density at radius 1 is 0.721 bits per heavy atom. The fourth-order valence-electron chi connectivity index (χ4n) is 9.04. The number of aromatic nitrogens is 1. The predicted molar refractivity (Wildman–Crippen MR) is 179 cm³/mol. The van der Waals surface area contributed by atoms with E-state index in [1.54, 1.807) is 33.5 Å². The van der Waals surface area contributed by atoms with Crippen molar-refractivity contribution in [1.82, 2.24) is 4.57 Å². The maximum atomic E-state index is 2.67. The number of nitrogens with zero attached hydrogens (tertiary/aromatic N) is 1. The smallest absolute Gasteiger partial charge is 0.0490 e. The van der Waals surface area contributed by atoms with Crippen molar-refractivity contribution in [2.75, 3.05) is 0 Å². The molecule has 5 atom stereocenters. The molecule has 43 heavy (non-hydrogen) atoms. The zero-order valence-corrected chi connectivity index (χ0v) is 25.0. The number of fused-ring (bicyclic) bond motifs is 8. The first-order chi connectivity index (χ1) is 21.2. The van der Waals surface area contributed by atoms with Crippen LogP contribution in [0.25, 0.3) is 17.3 Å². The third-order valence-corrected chi connectivity index (χ3v) is 11.1. The first-order valence-corrected chi connectivity index (χ1v) is 16.5. The minimum Gasteiger partial charge on any atom is -0.314 e. The molecular formula is C42H39N. The minimum absolute atomic E-state index is 0.452. The molecule has 0 N–H and O–H groups in total.